The van der Waals surface area contributed by atoms with Crippen LogP contribution in [0.4, 0.5) is 5.82 Å². The van der Waals surface area contributed by atoms with Gasteiger partial charge in [-0.25, -0.2) is 4.68 Å². The van der Waals surface area contributed by atoms with Crippen LogP contribution >= 0.6 is 0 Å². The number of nitrogens with zero attached hydrogens (tertiary/aromatic N) is 2. The highest BCUT2D eigenvalue weighted by molar-refractivity contribution is 5.36. The Morgan fingerprint density at radius 1 is 1.06 bits per heavy atom. The first kappa shape index (κ1) is 10.2. The van der Waals surface area contributed by atoms with Gasteiger partial charge >= 0.3 is 0 Å². The molecule has 0 aliphatic heterocycles. The molecule has 0 aromatic carbocycles. The van der Waals surface area contributed by atoms with Gasteiger partial charge in [0, 0.05) is 12.1 Å². The summed E-state index contributed by atoms with van der Waals surface area (Å²) >= 11 is 0. The fraction of sp³-hybridized carbons (Fsp3) is 0.769. The fourth-order valence-electron chi connectivity index (χ4n) is 2.81. The van der Waals surface area contributed by atoms with E-state index >= 15 is 0 Å². The van der Waals surface area contributed by atoms with Gasteiger partial charge in [0.1, 0.15) is 5.82 Å². The minimum atomic E-state index is 0.645. The summed E-state index contributed by atoms with van der Waals surface area (Å²) in [6.07, 6.45) is 12.7. The van der Waals surface area contributed by atoms with Gasteiger partial charge < -0.3 is 5.32 Å². The third kappa shape index (κ3) is 1.95. The van der Waals surface area contributed by atoms with Crippen molar-refractivity contribution in [3.8, 4) is 0 Å². The van der Waals surface area contributed by atoms with E-state index in [4.69, 9.17) is 0 Å². The standard InChI is InChI=1S/C13H21N3/c1-2-7-12(8-3-1)16-13(9-10-14-16)15-11-5-4-6-11/h9-12,15H,1-8H2. The molecule has 1 N–H and O–H groups in total. The van der Waals surface area contributed by atoms with Gasteiger partial charge in [-0.05, 0) is 32.1 Å². The normalized spacial score (nSPS) is 23.0. The number of anilines is 1. The van der Waals surface area contributed by atoms with E-state index in [1.54, 1.807) is 0 Å². The summed E-state index contributed by atoms with van der Waals surface area (Å²) < 4.78 is 2.23. The Bertz CT molecular complexity index is 335. The molecule has 0 bridgehead atoms. The number of hydrogen-bond acceptors (Lipinski definition) is 2. The smallest absolute Gasteiger partial charge is 0.124 e. The van der Waals surface area contributed by atoms with E-state index in [-0.39, 0.29) is 0 Å². The van der Waals surface area contributed by atoms with E-state index in [2.05, 4.69) is 21.2 Å². The van der Waals surface area contributed by atoms with E-state index in [0.29, 0.717) is 12.1 Å². The molecule has 0 saturated heterocycles. The van der Waals surface area contributed by atoms with Gasteiger partial charge in [0.05, 0.1) is 12.2 Å². The summed E-state index contributed by atoms with van der Waals surface area (Å²) in [5.41, 5.74) is 0. The van der Waals surface area contributed by atoms with Crippen LogP contribution in [0.15, 0.2) is 12.3 Å². The first-order chi connectivity index (χ1) is 7.93. The number of hydrogen-bond donors (Lipinski definition) is 1. The minimum absolute atomic E-state index is 0.645. The van der Waals surface area contributed by atoms with Crippen molar-refractivity contribution in [2.45, 2.75) is 63.5 Å². The highest BCUT2D eigenvalue weighted by Gasteiger charge is 2.22. The topological polar surface area (TPSA) is 29.9 Å². The van der Waals surface area contributed by atoms with Crippen LogP contribution in [0.2, 0.25) is 0 Å². The maximum atomic E-state index is 4.51. The average Bonchev–Trinajstić information content (AvgIpc) is 2.73. The molecular weight excluding hydrogens is 198 g/mol. The molecule has 0 amide bonds. The van der Waals surface area contributed by atoms with E-state index < -0.39 is 0 Å². The van der Waals surface area contributed by atoms with E-state index in [1.165, 1.54) is 57.2 Å². The van der Waals surface area contributed by atoms with Crippen LogP contribution in [0.1, 0.15) is 57.4 Å². The molecule has 1 aromatic heterocycles. The van der Waals surface area contributed by atoms with Crippen molar-refractivity contribution in [2.75, 3.05) is 5.32 Å². The van der Waals surface area contributed by atoms with Crippen LogP contribution in [0, 0.1) is 0 Å². The number of aromatic nitrogens is 2. The van der Waals surface area contributed by atoms with Crippen LogP contribution in [-0.4, -0.2) is 15.8 Å². The molecule has 0 radical (unpaired) electrons. The number of rotatable bonds is 3. The second-order valence-corrected chi connectivity index (χ2v) is 5.23. The lowest BCUT2D eigenvalue weighted by atomic mass is 9.93. The summed E-state index contributed by atoms with van der Waals surface area (Å²) in [7, 11) is 0. The predicted molar refractivity (Wildman–Crippen MR) is 65.6 cm³/mol. The average molecular weight is 219 g/mol. The molecule has 2 aliphatic rings. The Morgan fingerprint density at radius 3 is 2.56 bits per heavy atom. The van der Waals surface area contributed by atoms with Crippen molar-refractivity contribution < 1.29 is 0 Å². The SMILES string of the molecule is c1cc(NC2CCC2)n(C2CCCCC2)n1. The zero-order chi connectivity index (χ0) is 10.8. The van der Waals surface area contributed by atoms with Crippen LogP contribution in [0.3, 0.4) is 0 Å². The Balaban J connectivity index is 1.70. The fourth-order valence-corrected chi connectivity index (χ4v) is 2.81. The molecular formula is C13H21N3. The van der Waals surface area contributed by atoms with E-state index in [1.807, 2.05) is 6.20 Å². The molecule has 3 rings (SSSR count). The monoisotopic (exact) mass is 219 g/mol. The van der Waals surface area contributed by atoms with Crippen molar-refractivity contribution in [3.63, 3.8) is 0 Å². The summed E-state index contributed by atoms with van der Waals surface area (Å²) in [5, 5.41) is 8.13. The molecule has 0 unspecified atom stereocenters. The van der Waals surface area contributed by atoms with Gasteiger partial charge in [0.2, 0.25) is 0 Å². The van der Waals surface area contributed by atoms with Gasteiger partial charge in [-0.15, -0.1) is 0 Å². The molecule has 0 spiro atoms. The highest BCUT2D eigenvalue weighted by atomic mass is 15.3. The molecule has 0 atom stereocenters. The van der Waals surface area contributed by atoms with Gasteiger partial charge in [-0.1, -0.05) is 19.3 Å². The summed E-state index contributed by atoms with van der Waals surface area (Å²) in [5.74, 6) is 1.25. The zero-order valence-corrected chi connectivity index (χ0v) is 9.86. The Labute approximate surface area is 97.2 Å². The molecule has 2 fully saturated rings. The van der Waals surface area contributed by atoms with Crippen LogP contribution in [-0.2, 0) is 0 Å². The maximum Gasteiger partial charge on any atom is 0.124 e. The number of nitrogens with one attached hydrogen (secondary N) is 1. The van der Waals surface area contributed by atoms with Crippen molar-refractivity contribution in [2.24, 2.45) is 0 Å². The van der Waals surface area contributed by atoms with Crippen molar-refractivity contribution in [3.05, 3.63) is 12.3 Å². The first-order valence-corrected chi connectivity index (χ1v) is 6.73. The van der Waals surface area contributed by atoms with Gasteiger partial charge in [-0.3, -0.25) is 0 Å². The van der Waals surface area contributed by atoms with E-state index in [9.17, 15) is 0 Å². The summed E-state index contributed by atoms with van der Waals surface area (Å²) in [6.45, 7) is 0. The lowest BCUT2D eigenvalue weighted by Gasteiger charge is -2.30. The lowest BCUT2D eigenvalue weighted by Crippen LogP contribution is -2.29. The van der Waals surface area contributed by atoms with Gasteiger partial charge in [0.15, 0.2) is 0 Å². The van der Waals surface area contributed by atoms with Crippen LogP contribution < -0.4 is 5.32 Å². The lowest BCUT2D eigenvalue weighted by molar-refractivity contribution is 0.330. The summed E-state index contributed by atoms with van der Waals surface area (Å²) in [4.78, 5) is 0. The third-order valence-corrected chi connectivity index (χ3v) is 4.05. The maximum absolute atomic E-state index is 4.51. The molecule has 1 heterocycles. The zero-order valence-electron chi connectivity index (χ0n) is 9.86. The van der Waals surface area contributed by atoms with Crippen LogP contribution in [0.25, 0.3) is 0 Å². The summed E-state index contributed by atoms with van der Waals surface area (Å²) in [6, 6.07) is 3.48. The van der Waals surface area contributed by atoms with Crippen molar-refractivity contribution in [1.82, 2.24) is 9.78 Å². The quantitative estimate of drug-likeness (QED) is 0.845. The second-order valence-electron chi connectivity index (χ2n) is 5.23. The molecule has 2 aliphatic carbocycles. The second kappa shape index (κ2) is 4.48. The molecule has 1 aromatic rings. The minimum Gasteiger partial charge on any atom is -0.368 e. The van der Waals surface area contributed by atoms with E-state index in [0.717, 1.165) is 0 Å². The Hall–Kier alpha value is -0.990. The largest absolute Gasteiger partial charge is 0.368 e. The first-order valence-electron chi connectivity index (χ1n) is 6.73. The van der Waals surface area contributed by atoms with Gasteiger partial charge in [0.25, 0.3) is 0 Å². The molecule has 3 heteroatoms. The van der Waals surface area contributed by atoms with Crippen molar-refractivity contribution in [1.29, 1.82) is 0 Å². The highest BCUT2D eigenvalue weighted by Crippen LogP contribution is 2.31. The third-order valence-electron chi connectivity index (χ3n) is 4.05. The Morgan fingerprint density at radius 2 is 1.88 bits per heavy atom. The van der Waals surface area contributed by atoms with Gasteiger partial charge in [-0.2, -0.15) is 5.10 Å². The molecule has 16 heavy (non-hydrogen) atoms. The Kier molecular flexibility index (Phi) is 2.85. The predicted octanol–water partition coefficient (Wildman–Crippen LogP) is 3.35. The van der Waals surface area contributed by atoms with Crippen molar-refractivity contribution >= 4 is 5.82 Å². The van der Waals surface area contributed by atoms with Crippen LogP contribution in [0.5, 0.6) is 0 Å². The molecule has 2 saturated carbocycles. The molecule has 88 valence electrons. The molecule has 3 nitrogen and oxygen atoms in total.